The van der Waals surface area contributed by atoms with E-state index in [2.05, 4.69) is 21.3 Å². The average Bonchev–Trinajstić information content (AvgIpc) is 3.51. The van der Waals surface area contributed by atoms with Crippen molar-refractivity contribution >= 4 is 17.7 Å². The molecule has 84 heavy (non-hydrogen) atoms. The molecule has 34 nitrogen and oxygen atoms in total. The summed E-state index contributed by atoms with van der Waals surface area (Å²) < 4.78 is 82.3. The Morgan fingerprint density at radius 3 is 0.845 bits per heavy atom. The number of likely N-dealkylation sites (N-methyl/N-ethyl adjacent to an activating group) is 1. The van der Waals surface area contributed by atoms with E-state index in [1.54, 1.807) is 7.05 Å². The van der Waals surface area contributed by atoms with E-state index in [9.17, 15) is 75.7 Å². The van der Waals surface area contributed by atoms with Gasteiger partial charge in [0.15, 0.2) is 18.9 Å². The Morgan fingerprint density at radius 2 is 0.595 bits per heavy atom. The van der Waals surface area contributed by atoms with E-state index in [1.807, 2.05) is 0 Å². The third-order valence-electron chi connectivity index (χ3n) is 13.0. The second-order valence-electron chi connectivity index (χ2n) is 19.4. The first kappa shape index (κ1) is 75.5. The van der Waals surface area contributed by atoms with Crippen molar-refractivity contribution in [2.75, 3.05) is 185 Å². The molecule has 494 valence electrons. The van der Waals surface area contributed by atoms with Gasteiger partial charge < -0.3 is 154 Å². The summed E-state index contributed by atoms with van der Waals surface area (Å²) in [5, 5.41) is 129. The lowest BCUT2D eigenvalue weighted by atomic mass is 9.99. The Bertz CT molecular complexity index is 1520. The number of ether oxygens (including phenoxy) is 15. The molecular formula is C50H94N4O30. The predicted octanol–water partition coefficient (Wildman–Crippen LogP) is -9.94. The van der Waals surface area contributed by atoms with Crippen molar-refractivity contribution in [3.05, 3.63) is 0 Å². The van der Waals surface area contributed by atoms with E-state index in [0.29, 0.717) is 0 Å². The molecule has 3 aliphatic heterocycles. The Balaban J connectivity index is 1.29. The SMILES string of the molecule is CNC(COCCC(=O)NCCOCCOCCO[C@H]1OC(CO)[C@@H](O)C(O)[C@H]1O)(COCCC(=O)NCCOCCOCCO[C@H]1OC(CO)[C@@H](O)C(O)[C@H]1O)COCCC(=O)NCCOCCOCCO[C@H]1OC(CO)[C@@H](O)C(O)[C@H]1O. The van der Waals surface area contributed by atoms with Crippen LogP contribution in [0.4, 0.5) is 0 Å². The van der Waals surface area contributed by atoms with Crippen LogP contribution in [0.25, 0.3) is 0 Å². The van der Waals surface area contributed by atoms with Crippen LogP contribution < -0.4 is 21.3 Å². The van der Waals surface area contributed by atoms with Crippen LogP contribution in [0, 0.1) is 0 Å². The first-order valence-corrected chi connectivity index (χ1v) is 28.0. The molecule has 3 aliphatic rings. The lowest BCUT2D eigenvalue weighted by molar-refractivity contribution is -0.302. The largest absolute Gasteiger partial charge is 0.394 e. The maximum atomic E-state index is 12.6. The van der Waals surface area contributed by atoms with Crippen molar-refractivity contribution < 1.29 is 147 Å². The number of hydrogen-bond donors (Lipinski definition) is 16. The van der Waals surface area contributed by atoms with Crippen LogP contribution in [0.3, 0.4) is 0 Å². The molecule has 15 atom stereocenters. The number of carbonyl (C=O) groups is 3. The summed E-state index contributed by atoms with van der Waals surface area (Å²) in [4.78, 5) is 37.7. The van der Waals surface area contributed by atoms with Gasteiger partial charge in [0, 0.05) is 38.9 Å². The second-order valence-corrected chi connectivity index (χ2v) is 19.4. The number of hydrogen-bond acceptors (Lipinski definition) is 31. The van der Waals surface area contributed by atoms with Gasteiger partial charge in [-0.25, -0.2) is 0 Å². The van der Waals surface area contributed by atoms with Gasteiger partial charge in [0.05, 0.1) is 164 Å². The molecule has 0 radical (unpaired) electrons. The van der Waals surface area contributed by atoms with E-state index in [0.717, 1.165) is 0 Å². The lowest BCUT2D eigenvalue weighted by Gasteiger charge is -2.39. The first-order valence-electron chi connectivity index (χ1n) is 28.0. The summed E-state index contributed by atoms with van der Waals surface area (Å²) in [6, 6.07) is 0. The van der Waals surface area contributed by atoms with E-state index >= 15 is 0 Å². The molecule has 6 unspecified atom stereocenters. The third-order valence-corrected chi connectivity index (χ3v) is 13.0. The summed E-state index contributed by atoms with van der Waals surface area (Å²) in [6.45, 7) is 1.05. The third kappa shape index (κ3) is 29.1. The molecule has 0 aromatic rings. The Hall–Kier alpha value is -2.71. The van der Waals surface area contributed by atoms with Crippen LogP contribution in [0.1, 0.15) is 19.3 Å². The van der Waals surface area contributed by atoms with Gasteiger partial charge in [0.25, 0.3) is 0 Å². The number of amides is 3. The van der Waals surface area contributed by atoms with E-state index in [1.165, 1.54) is 0 Å². The Kier molecular flexibility index (Phi) is 40.2. The van der Waals surface area contributed by atoms with Gasteiger partial charge >= 0.3 is 0 Å². The number of carbonyl (C=O) groups excluding carboxylic acids is 3. The summed E-state index contributed by atoms with van der Waals surface area (Å²) in [5.74, 6) is -0.893. The highest BCUT2D eigenvalue weighted by Gasteiger charge is 2.46. The van der Waals surface area contributed by atoms with Crippen LogP contribution in [0.2, 0.25) is 0 Å². The number of rotatable bonds is 49. The van der Waals surface area contributed by atoms with Crippen molar-refractivity contribution in [3.63, 3.8) is 0 Å². The van der Waals surface area contributed by atoms with Gasteiger partial charge in [-0.3, -0.25) is 14.4 Å². The minimum absolute atomic E-state index is 0.0137. The average molecular weight is 1230 g/mol. The Morgan fingerprint density at radius 1 is 0.345 bits per heavy atom. The topological polar surface area (TPSA) is 481 Å². The van der Waals surface area contributed by atoms with Crippen LogP contribution in [-0.4, -0.2) is 362 Å². The van der Waals surface area contributed by atoms with Gasteiger partial charge in [-0.15, -0.1) is 0 Å². The molecule has 0 aromatic heterocycles. The van der Waals surface area contributed by atoms with Gasteiger partial charge in [0.2, 0.25) is 17.7 Å². The van der Waals surface area contributed by atoms with E-state index in [4.69, 9.17) is 71.1 Å². The lowest BCUT2D eigenvalue weighted by Crippen LogP contribution is -2.59. The maximum absolute atomic E-state index is 12.6. The van der Waals surface area contributed by atoms with Gasteiger partial charge in [-0.2, -0.15) is 0 Å². The zero-order chi connectivity index (χ0) is 61.5. The van der Waals surface area contributed by atoms with E-state index < -0.39 is 117 Å². The smallest absolute Gasteiger partial charge is 0.222 e. The molecule has 0 aliphatic carbocycles. The monoisotopic (exact) mass is 1230 g/mol. The fourth-order valence-electron chi connectivity index (χ4n) is 7.94. The molecule has 3 amide bonds. The Labute approximate surface area is 487 Å². The zero-order valence-electron chi connectivity index (χ0n) is 47.6. The van der Waals surface area contributed by atoms with Gasteiger partial charge in [-0.05, 0) is 7.05 Å². The minimum atomic E-state index is -1.55. The second kappa shape index (κ2) is 44.7. The highest BCUT2D eigenvalue weighted by Crippen LogP contribution is 2.24. The molecule has 3 saturated heterocycles. The van der Waals surface area contributed by atoms with Crippen molar-refractivity contribution in [1.82, 2.24) is 21.3 Å². The summed E-state index contributed by atoms with van der Waals surface area (Å²) >= 11 is 0. The molecule has 0 spiro atoms. The molecule has 3 rings (SSSR count). The predicted molar refractivity (Wildman–Crippen MR) is 281 cm³/mol. The van der Waals surface area contributed by atoms with Crippen LogP contribution in [0.15, 0.2) is 0 Å². The minimum Gasteiger partial charge on any atom is -0.394 e. The molecule has 3 fully saturated rings. The van der Waals surface area contributed by atoms with Crippen LogP contribution >= 0.6 is 0 Å². The molecule has 0 saturated carbocycles. The van der Waals surface area contributed by atoms with Gasteiger partial charge in [0.1, 0.15) is 73.2 Å². The normalized spacial score (nSPS) is 28.9. The number of nitrogens with one attached hydrogen (secondary N) is 4. The molecule has 0 aromatic carbocycles. The number of aliphatic hydroxyl groups is 12. The van der Waals surface area contributed by atoms with E-state index in [-0.39, 0.29) is 195 Å². The number of aliphatic hydroxyl groups excluding tert-OH is 12. The zero-order valence-corrected chi connectivity index (χ0v) is 47.6. The van der Waals surface area contributed by atoms with Crippen molar-refractivity contribution in [1.29, 1.82) is 0 Å². The maximum Gasteiger partial charge on any atom is 0.222 e. The fourth-order valence-corrected chi connectivity index (χ4v) is 7.94. The van der Waals surface area contributed by atoms with Crippen molar-refractivity contribution in [3.8, 4) is 0 Å². The standard InChI is InChI=1S/C50H94N4O30/c1-51-50(29-76-8-2-35(58)52-5-11-70-14-17-73-20-23-79-47-44(67)41(64)38(61)32(26-55)82-47,30-77-9-3-36(59)53-6-12-71-15-18-74-21-24-80-48-45(68)42(65)39(62)33(27-56)83-48)31-78-10-4-37(60)54-7-13-72-16-19-75-22-25-81-49-46(69)43(66)40(63)34(28-57)84-49/h32-34,38-49,51,55-57,61-69H,2-31H2,1H3,(H,52,58)(H,53,59)(H,54,60)/t32?,33?,34?,38-,39-,40-,41?,42?,43?,44-,45-,46-,47+,48+,49+,50?/m1/s1. The van der Waals surface area contributed by atoms with Crippen LogP contribution in [-0.2, 0) is 85.4 Å². The molecule has 0 bridgehead atoms. The molecule has 34 heteroatoms. The highest BCUT2D eigenvalue weighted by molar-refractivity contribution is 5.76. The molecular weight excluding hydrogens is 1140 g/mol. The molecule has 3 heterocycles. The van der Waals surface area contributed by atoms with Gasteiger partial charge in [-0.1, -0.05) is 0 Å². The highest BCUT2D eigenvalue weighted by atomic mass is 16.7. The fraction of sp³-hybridized carbons (Fsp3) is 0.940. The summed E-state index contributed by atoms with van der Waals surface area (Å²) in [6.07, 6.45) is -20.7. The summed E-state index contributed by atoms with van der Waals surface area (Å²) in [7, 11) is 1.66. The quantitative estimate of drug-likeness (QED) is 0.0252. The summed E-state index contributed by atoms with van der Waals surface area (Å²) in [5.41, 5.74) is -0.963. The molecule has 16 N–H and O–H groups in total. The van der Waals surface area contributed by atoms with Crippen molar-refractivity contribution in [2.45, 2.75) is 117 Å². The first-order chi connectivity index (χ1) is 40.5. The van der Waals surface area contributed by atoms with Crippen molar-refractivity contribution in [2.24, 2.45) is 0 Å². The van der Waals surface area contributed by atoms with Crippen LogP contribution in [0.5, 0.6) is 0 Å².